The van der Waals surface area contributed by atoms with Gasteiger partial charge in [-0.05, 0) is 32.1 Å². The van der Waals surface area contributed by atoms with Crippen LogP contribution in [0, 0.1) is 5.41 Å². The molecule has 1 aliphatic rings. The molecule has 0 amide bonds. The van der Waals surface area contributed by atoms with E-state index in [2.05, 4.69) is 19.1 Å². The number of aliphatic hydroxyl groups is 1. The third kappa shape index (κ3) is 2.91. The third-order valence-electron chi connectivity index (χ3n) is 3.49. The van der Waals surface area contributed by atoms with Crippen molar-refractivity contribution < 1.29 is 9.90 Å². The topological polar surface area (TPSA) is 37.3 Å². The Balaban J connectivity index is 2.54. The Morgan fingerprint density at radius 2 is 2.27 bits per heavy atom. The van der Waals surface area contributed by atoms with Crippen LogP contribution < -0.4 is 0 Å². The SMILES string of the molecule is CC/C=C/CC[C@@]1(C)C(=O)CCC[C@@H]1O. The van der Waals surface area contributed by atoms with Gasteiger partial charge in [-0.2, -0.15) is 0 Å². The van der Waals surface area contributed by atoms with E-state index in [4.69, 9.17) is 0 Å². The number of carbonyl (C=O) groups is 1. The maximum Gasteiger partial charge on any atom is 0.141 e. The highest BCUT2D eigenvalue weighted by Crippen LogP contribution is 2.37. The maximum atomic E-state index is 11.8. The first kappa shape index (κ1) is 12.4. The smallest absolute Gasteiger partial charge is 0.141 e. The monoisotopic (exact) mass is 210 g/mol. The molecule has 2 nitrogen and oxygen atoms in total. The summed E-state index contributed by atoms with van der Waals surface area (Å²) in [6.07, 6.45) is 8.77. The fourth-order valence-electron chi connectivity index (χ4n) is 2.22. The van der Waals surface area contributed by atoms with Crippen LogP contribution in [0.15, 0.2) is 12.2 Å². The van der Waals surface area contributed by atoms with Crippen LogP contribution in [-0.2, 0) is 4.79 Å². The first-order chi connectivity index (χ1) is 7.11. The average molecular weight is 210 g/mol. The van der Waals surface area contributed by atoms with Crippen molar-refractivity contribution in [3.8, 4) is 0 Å². The van der Waals surface area contributed by atoms with Crippen molar-refractivity contribution in [2.24, 2.45) is 5.41 Å². The molecule has 1 rings (SSSR count). The molecule has 0 aromatic heterocycles. The minimum atomic E-state index is -0.490. The molecule has 1 N–H and O–H groups in total. The molecule has 0 radical (unpaired) electrons. The molecular formula is C13H22O2. The van der Waals surface area contributed by atoms with Crippen molar-refractivity contribution in [2.45, 2.75) is 58.5 Å². The molecular weight excluding hydrogens is 188 g/mol. The summed E-state index contributed by atoms with van der Waals surface area (Å²) in [4.78, 5) is 11.8. The zero-order valence-corrected chi connectivity index (χ0v) is 9.83. The largest absolute Gasteiger partial charge is 0.392 e. The Hall–Kier alpha value is -0.630. The van der Waals surface area contributed by atoms with Gasteiger partial charge in [-0.3, -0.25) is 4.79 Å². The van der Waals surface area contributed by atoms with Gasteiger partial charge in [0.2, 0.25) is 0 Å². The summed E-state index contributed by atoms with van der Waals surface area (Å²) in [5.74, 6) is 0.242. The Morgan fingerprint density at radius 3 is 2.87 bits per heavy atom. The highest BCUT2D eigenvalue weighted by molar-refractivity contribution is 5.85. The minimum absolute atomic E-state index is 0.242. The van der Waals surface area contributed by atoms with E-state index < -0.39 is 11.5 Å². The predicted octanol–water partition coefficient (Wildman–Crippen LogP) is 2.85. The van der Waals surface area contributed by atoms with Crippen molar-refractivity contribution in [1.82, 2.24) is 0 Å². The van der Waals surface area contributed by atoms with Gasteiger partial charge < -0.3 is 5.11 Å². The second-order valence-electron chi connectivity index (χ2n) is 4.67. The van der Waals surface area contributed by atoms with Gasteiger partial charge in [0, 0.05) is 6.42 Å². The molecule has 0 aromatic rings. The van der Waals surface area contributed by atoms with Gasteiger partial charge in [-0.1, -0.05) is 26.0 Å². The lowest BCUT2D eigenvalue weighted by Gasteiger charge is -2.36. The van der Waals surface area contributed by atoms with Crippen LogP contribution in [0.4, 0.5) is 0 Å². The second-order valence-corrected chi connectivity index (χ2v) is 4.67. The van der Waals surface area contributed by atoms with Crippen LogP contribution >= 0.6 is 0 Å². The summed E-state index contributed by atoms with van der Waals surface area (Å²) < 4.78 is 0. The number of carbonyl (C=O) groups excluding carboxylic acids is 1. The van der Waals surface area contributed by atoms with E-state index in [1.807, 2.05) is 6.92 Å². The lowest BCUT2D eigenvalue weighted by molar-refractivity contribution is -0.139. The Kier molecular flexibility index (Phi) is 4.52. The Bertz CT molecular complexity index is 245. The summed E-state index contributed by atoms with van der Waals surface area (Å²) in [6, 6.07) is 0. The lowest BCUT2D eigenvalue weighted by atomic mass is 9.69. The second kappa shape index (κ2) is 5.45. The van der Waals surface area contributed by atoms with E-state index >= 15 is 0 Å². The standard InChI is InChI=1S/C13H22O2/c1-3-4-5-6-10-13(2)11(14)8-7-9-12(13)15/h4-5,11,14H,3,6-10H2,1-2H3/b5-4+/t11-,13+/m0/s1. The van der Waals surface area contributed by atoms with Gasteiger partial charge in [0.15, 0.2) is 0 Å². The average Bonchev–Trinajstić information content (AvgIpc) is 2.22. The molecule has 1 aliphatic carbocycles. The van der Waals surface area contributed by atoms with Crippen molar-refractivity contribution >= 4 is 5.78 Å². The number of rotatable bonds is 4. The summed E-state index contributed by atoms with van der Waals surface area (Å²) in [6.45, 7) is 4.01. The van der Waals surface area contributed by atoms with Crippen LogP contribution in [0.1, 0.15) is 52.4 Å². The fourth-order valence-corrected chi connectivity index (χ4v) is 2.22. The number of hydrogen-bond acceptors (Lipinski definition) is 2. The number of aliphatic hydroxyl groups excluding tert-OH is 1. The van der Waals surface area contributed by atoms with E-state index in [0.29, 0.717) is 6.42 Å². The molecule has 0 aromatic carbocycles. The summed E-state index contributed by atoms with van der Waals surface area (Å²) in [7, 11) is 0. The van der Waals surface area contributed by atoms with Crippen LogP contribution in [0.25, 0.3) is 0 Å². The summed E-state index contributed by atoms with van der Waals surface area (Å²) >= 11 is 0. The molecule has 0 spiro atoms. The zero-order chi connectivity index (χ0) is 11.3. The molecule has 0 saturated heterocycles. The molecule has 1 saturated carbocycles. The van der Waals surface area contributed by atoms with Crippen LogP contribution in [0.2, 0.25) is 0 Å². The van der Waals surface area contributed by atoms with Gasteiger partial charge in [0.25, 0.3) is 0 Å². The quantitative estimate of drug-likeness (QED) is 0.724. The number of Topliss-reactive ketones (excluding diaryl/α,β-unsaturated/α-hetero) is 1. The highest BCUT2D eigenvalue weighted by Gasteiger charge is 2.41. The molecule has 86 valence electrons. The van der Waals surface area contributed by atoms with Gasteiger partial charge in [-0.25, -0.2) is 0 Å². The number of ketones is 1. The number of allylic oxidation sites excluding steroid dienone is 2. The summed E-state index contributed by atoms with van der Waals surface area (Å²) in [5.41, 5.74) is -0.490. The molecule has 0 unspecified atom stereocenters. The molecule has 15 heavy (non-hydrogen) atoms. The fraction of sp³-hybridized carbons (Fsp3) is 0.769. The van der Waals surface area contributed by atoms with E-state index in [1.54, 1.807) is 0 Å². The minimum Gasteiger partial charge on any atom is -0.392 e. The number of hydrogen-bond donors (Lipinski definition) is 1. The highest BCUT2D eigenvalue weighted by atomic mass is 16.3. The van der Waals surface area contributed by atoms with Gasteiger partial charge >= 0.3 is 0 Å². The Morgan fingerprint density at radius 1 is 1.53 bits per heavy atom. The van der Waals surface area contributed by atoms with E-state index in [-0.39, 0.29) is 5.78 Å². The van der Waals surface area contributed by atoms with E-state index in [9.17, 15) is 9.90 Å². The van der Waals surface area contributed by atoms with Gasteiger partial charge in [0.05, 0.1) is 11.5 Å². The predicted molar refractivity (Wildman–Crippen MR) is 61.6 cm³/mol. The first-order valence-electron chi connectivity index (χ1n) is 5.97. The van der Waals surface area contributed by atoms with Crippen molar-refractivity contribution in [3.05, 3.63) is 12.2 Å². The van der Waals surface area contributed by atoms with Crippen LogP contribution in [-0.4, -0.2) is 17.0 Å². The molecule has 0 aliphatic heterocycles. The van der Waals surface area contributed by atoms with Crippen LogP contribution in [0.5, 0.6) is 0 Å². The van der Waals surface area contributed by atoms with Gasteiger partial charge in [-0.15, -0.1) is 0 Å². The van der Waals surface area contributed by atoms with Crippen molar-refractivity contribution in [2.75, 3.05) is 0 Å². The molecule has 0 bridgehead atoms. The van der Waals surface area contributed by atoms with E-state index in [1.165, 1.54) is 0 Å². The first-order valence-corrected chi connectivity index (χ1v) is 5.97. The zero-order valence-electron chi connectivity index (χ0n) is 9.83. The third-order valence-corrected chi connectivity index (χ3v) is 3.49. The van der Waals surface area contributed by atoms with E-state index in [0.717, 1.165) is 32.1 Å². The maximum absolute atomic E-state index is 11.8. The van der Waals surface area contributed by atoms with Gasteiger partial charge in [0.1, 0.15) is 5.78 Å². The van der Waals surface area contributed by atoms with Crippen LogP contribution in [0.3, 0.4) is 0 Å². The molecule has 1 fully saturated rings. The normalized spacial score (nSPS) is 32.5. The van der Waals surface area contributed by atoms with Crippen molar-refractivity contribution in [1.29, 1.82) is 0 Å². The molecule has 2 heteroatoms. The molecule has 2 atom stereocenters. The summed E-state index contributed by atoms with van der Waals surface area (Å²) in [5, 5.41) is 9.91. The Labute approximate surface area is 92.4 Å². The van der Waals surface area contributed by atoms with Crippen molar-refractivity contribution in [3.63, 3.8) is 0 Å². The lowest BCUT2D eigenvalue weighted by Crippen LogP contribution is -2.43. The molecule has 0 heterocycles.